The Labute approximate surface area is 55.2 Å². The maximum Gasteiger partial charge on any atom is -0.412 e. The van der Waals surface area contributed by atoms with Gasteiger partial charge in [-0.05, 0) is 0 Å². The first kappa shape index (κ1) is 15.7. The minimum Gasteiger partial charge on any atom is -0.412 e. The van der Waals surface area contributed by atoms with Crippen molar-refractivity contribution < 1.29 is 19.5 Å². The van der Waals surface area contributed by atoms with E-state index in [4.69, 9.17) is 5.73 Å². The molecule has 0 saturated carbocycles. The van der Waals surface area contributed by atoms with Crippen molar-refractivity contribution in [2.45, 2.75) is 0 Å². The second kappa shape index (κ2) is 9.99. The molecule has 0 spiro atoms. The van der Waals surface area contributed by atoms with E-state index in [2.05, 4.69) is 3.79 Å². The Bertz CT molecular complexity index is 52.0. The molecule has 0 aromatic heterocycles. The van der Waals surface area contributed by atoms with Gasteiger partial charge in [0.25, 0.3) is 0 Å². The third kappa shape index (κ3) is 9.30. The fourth-order valence-electron chi connectivity index (χ4n) is 0.0481. The molecule has 1 radical (unpaired) electrons. The quantitative estimate of drug-likeness (QED) is 0.386. The zero-order chi connectivity index (χ0) is 4.99. The van der Waals surface area contributed by atoms with Gasteiger partial charge in [0.2, 0.25) is 0 Å². The predicted octanol–water partition coefficient (Wildman–Crippen LogP) is -3.08. The van der Waals surface area contributed by atoms with Gasteiger partial charge in [0.05, 0.1) is 0 Å². The Kier molecular flexibility index (Phi) is 19.6. The maximum absolute atomic E-state index is 9.81. The van der Waals surface area contributed by atoms with Gasteiger partial charge in [0.1, 0.15) is 0 Å². The van der Waals surface area contributed by atoms with Gasteiger partial charge < -0.3 is 11.0 Å². The molecule has 0 unspecified atom stereocenters. The van der Waals surface area contributed by atoms with Gasteiger partial charge in [-0.15, -0.1) is 0 Å². The van der Waals surface area contributed by atoms with E-state index in [-0.39, 0.29) is 17.5 Å². The molecule has 8 heavy (non-hydrogen) atoms. The summed E-state index contributed by atoms with van der Waals surface area (Å²) in [6, 6.07) is 0. The minimum absolute atomic E-state index is 0. The summed E-state index contributed by atoms with van der Waals surface area (Å²) in [4.78, 5) is 9.81. The molecule has 0 bridgehead atoms. The third-order valence-electron chi connectivity index (χ3n) is 0.298. The molecule has 0 fully saturated rings. The molecule has 6 N–H and O–H groups in total. The van der Waals surface area contributed by atoms with Crippen molar-refractivity contribution in [1.82, 2.24) is 0 Å². The molecule has 0 aromatic rings. The standard InChI is InChI=1S/C2H5NO2.Al.2H2O/c3-1-2(4)5;;;/h1,3H2,(H,4,5);;2*1H2/q;+2;;/p-1. The van der Waals surface area contributed by atoms with Crippen LogP contribution in [0.2, 0.25) is 0 Å². The zero-order valence-electron chi connectivity index (χ0n) is 4.18. The summed E-state index contributed by atoms with van der Waals surface area (Å²) in [7, 11) is 0. The van der Waals surface area contributed by atoms with E-state index in [1.807, 2.05) is 16.6 Å². The molecular formula is C2H8AlNO4+. The van der Waals surface area contributed by atoms with Gasteiger partial charge in [-0.25, -0.2) is 0 Å². The van der Waals surface area contributed by atoms with Crippen LogP contribution in [0.1, 0.15) is 0 Å². The average Bonchev–Trinajstić information content (AvgIpc) is 1.65. The van der Waals surface area contributed by atoms with Crippen LogP contribution in [0.5, 0.6) is 0 Å². The van der Waals surface area contributed by atoms with E-state index in [0.29, 0.717) is 0 Å². The van der Waals surface area contributed by atoms with E-state index in [0.717, 1.165) is 0 Å². The smallest absolute Gasteiger partial charge is 0.412 e. The summed E-state index contributed by atoms with van der Waals surface area (Å²) < 4.78 is 4.05. The third-order valence-corrected chi connectivity index (χ3v) is 0.561. The number of hydrogen-bond donors (Lipinski definition) is 1. The van der Waals surface area contributed by atoms with E-state index in [1.54, 1.807) is 0 Å². The van der Waals surface area contributed by atoms with Crippen molar-refractivity contribution in [1.29, 1.82) is 0 Å². The van der Waals surface area contributed by atoms with Crippen LogP contribution in [0.4, 0.5) is 0 Å². The molecule has 0 amide bonds. The summed E-state index contributed by atoms with van der Waals surface area (Å²) >= 11 is 1.81. The van der Waals surface area contributed by atoms with E-state index in [1.165, 1.54) is 0 Å². The molecule has 0 saturated heterocycles. The fraction of sp³-hybridized carbons (Fsp3) is 0.500. The van der Waals surface area contributed by atoms with Gasteiger partial charge in [0.15, 0.2) is 0 Å². The van der Waals surface area contributed by atoms with Gasteiger partial charge in [0, 0.05) is 0 Å². The van der Waals surface area contributed by atoms with E-state index in [9.17, 15) is 4.79 Å². The van der Waals surface area contributed by atoms with E-state index < -0.39 is 5.97 Å². The Morgan fingerprint density at radius 1 is 1.62 bits per heavy atom. The molecule has 0 aliphatic carbocycles. The van der Waals surface area contributed by atoms with Crippen LogP contribution in [0, 0.1) is 0 Å². The summed E-state index contributed by atoms with van der Waals surface area (Å²) in [5.74, 6) is -0.417. The Morgan fingerprint density at radius 2 is 2.00 bits per heavy atom. The molecule has 5 nitrogen and oxygen atoms in total. The molecule has 0 rings (SSSR count). The predicted molar refractivity (Wildman–Crippen MR) is 28.1 cm³/mol. The number of rotatable bonds is 1. The topological polar surface area (TPSA) is 115 Å². The SMILES string of the molecule is NCC(=O)[O][Al+].O.O. The molecule has 0 aliphatic heterocycles. The molecule has 0 aliphatic rings. The fourth-order valence-corrected chi connectivity index (χ4v) is 0.144. The summed E-state index contributed by atoms with van der Waals surface area (Å²) in [5.41, 5.74) is 4.79. The maximum atomic E-state index is 9.81. The van der Waals surface area contributed by atoms with Gasteiger partial charge in [-0.1, -0.05) is 0 Å². The first-order chi connectivity index (χ1) is 2.81. The Hall–Kier alpha value is -0.118. The van der Waals surface area contributed by atoms with Crippen LogP contribution in [0.3, 0.4) is 0 Å². The van der Waals surface area contributed by atoms with Crippen molar-refractivity contribution in [3.63, 3.8) is 0 Å². The van der Waals surface area contributed by atoms with Crippen molar-refractivity contribution in [2.24, 2.45) is 5.73 Å². The first-order valence-corrected chi connectivity index (χ1v) is 1.88. The van der Waals surface area contributed by atoms with Crippen LogP contribution in [-0.2, 0) is 8.58 Å². The molecule has 0 aromatic carbocycles. The van der Waals surface area contributed by atoms with E-state index >= 15 is 0 Å². The summed E-state index contributed by atoms with van der Waals surface area (Å²) in [6.07, 6.45) is 0. The second-order valence-corrected chi connectivity index (χ2v) is 0.930. The molecular weight excluding hydrogens is 129 g/mol. The van der Waals surface area contributed by atoms with Crippen molar-refractivity contribution in [2.75, 3.05) is 6.54 Å². The van der Waals surface area contributed by atoms with Gasteiger partial charge >= 0.3 is 43.5 Å². The van der Waals surface area contributed by atoms with Crippen molar-refractivity contribution >= 4 is 22.6 Å². The van der Waals surface area contributed by atoms with Crippen LogP contribution in [0.25, 0.3) is 0 Å². The number of carbonyl (C=O) groups excluding carboxylic acids is 1. The van der Waals surface area contributed by atoms with Crippen molar-refractivity contribution in [3.05, 3.63) is 0 Å². The molecule has 0 heterocycles. The zero-order valence-corrected chi connectivity index (χ0v) is 5.33. The average molecular weight is 137 g/mol. The normalized spacial score (nSPS) is 5.50. The van der Waals surface area contributed by atoms with Crippen LogP contribution < -0.4 is 5.73 Å². The monoisotopic (exact) mass is 137 g/mol. The Morgan fingerprint density at radius 3 is 2.00 bits per heavy atom. The number of nitrogens with two attached hydrogens (primary N) is 1. The minimum atomic E-state index is -0.417. The van der Waals surface area contributed by atoms with Crippen molar-refractivity contribution in [3.8, 4) is 0 Å². The largest absolute Gasteiger partial charge is 0.412 e. The molecule has 47 valence electrons. The van der Waals surface area contributed by atoms with Crippen LogP contribution >= 0.6 is 0 Å². The summed E-state index contributed by atoms with van der Waals surface area (Å²) in [5, 5.41) is 0. The van der Waals surface area contributed by atoms with Crippen LogP contribution in [0.15, 0.2) is 0 Å². The Balaban J connectivity index is -0.000000125. The molecule has 0 atom stereocenters. The van der Waals surface area contributed by atoms with Crippen LogP contribution in [-0.4, -0.2) is 40.1 Å². The second-order valence-electron chi connectivity index (χ2n) is 0.694. The van der Waals surface area contributed by atoms with Gasteiger partial charge in [-0.2, -0.15) is 0 Å². The number of hydrogen-bond acceptors (Lipinski definition) is 3. The molecule has 6 heteroatoms. The summed E-state index contributed by atoms with van der Waals surface area (Å²) in [6.45, 7) is -0.0521. The first-order valence-electron chi connectivity index (χ1n) is 1.41. The van der Waals surface area contributed by atoms with Gasteiger partial charge in [-0.3, -0.25) is 0 Å². The number of carbonyl (C=O) groups is 1.